The normalized spacial score (nSPS) is 14.4. The fourth-order valence-electron chi connectivity index (χ4n) is 4.21. The first kappa shape index (κ1) is 23.8. The van der Waals surface area contributed by atoms with Crippen LogP contribution >= 0.6 is 0 Å². The van der Waals surface area contributed by atoms with E-state index in [1.54, 1.807) is 67.0 Å². The second kappa shape index (κ2) is 10.7. The summed E-state index contributed by atoms with van der Waals surface area (Å²) in [6.45, 7) is 0.516. The monoisotopic (exact) mass is 479 g/mol. The zero-order chi connectivity index (χ0) is 24.0. The van der Waals surface area contributed by atoms with Gasteiger partial charge in [0.2, 0.25) is 10.0 Å². The van der Waals surface area contributed by atoms with Gasteiger partial charge in [0.05, 0.1) is 24.2 Å². The number of sulfonamides is 1. The minimum atomic E-state index is -3.72. The molecule has 0 atom stereocenters. The van der Waals surface area contributed by atoms with Gasteiger partial charge in [-0.1, -0.05) is 37.5 Å². The molecule has 1 fully saturated rings. The number of carbonyl (C=O) groups is 1. The number of rotatable bonds is 8. The van der Waals surface area contributed by atoms with Gasteiger partial charge < -0.3 is 10.1 Å². The lowest BCUT2D eigenvalue weighted by atomic mass is 9.90. The molecule has 8 heteroatoms. The first-order valence-corrected chi connectivity index (χ1v) is 13.3. The van der Waals surface area contributed by atoms with Gasteiger partial charge in [-0.25, -0.2) is 12.7 Å². The smallest absolute Gasteiger partial charge is 0.255 e. The van der Waals surface area contributed by atoms with Crippen molar-refractivity contribution in [1.82, 2.24) is 4.98 Å². The number of anilines is 3. The lowest BCUT2D eigenvalue weighted by molar-refractivity contribution is 0.102. The van der Waals surface area contributed by atoms with Gasteiger partial charge in [0.15, 0.2) is 0 Å². The highest BCUT2D eigenvalue weighted by Gasteiger charge is 2.25. The van der Waals surface area contributed by atoms with Crippen LogP contribution in [-0.2, 0) is 10.0 Å². The first-order valence-electron chi connectivity index (χ1n) is 11.5. The third kappa shape index (κ3) is 5.94. The van der Waals surface area contributed by atoms with Crippen molar-refractivity contribution < 1.29 is 17.9 Å². The molecule has 0 saturated heterocycles. The van der Waals surface area contributed by atoms with E-state index in [2.05, 4.69) is 10.3 Å². The van der Waals surface area contributed by atoms with Crippen LogP contribution in [-0.4, -0.2) is 32.2 Å². The van der Waals surface area contributed by atoms with E-state index >= 15 is 0 Å². The molecule has 0 aliphatic heterocycles. The van der Waals surface area contributed by atoms with E-state index in [0.29, 0.717) is 40.9 Å². The minimum absolute atomic E-state index is 0.312. The molecule has 7 nitrogen and oxygen atoms in total. The summed E-state index contributed by atoms with van der Waals surface area (Å²) in [5, 5.41) is 2.82. The highest BCUT2D eigenvalue weighted by molar-refractivity contribution is 7.92. The van der Waals surface area contributed by atoms with Crippen LogP contribution in [0.5, 0.6) is 5.75 Å². The van der Waals surface area contributed by atoms with Crippen LogP contribution in [0, 0.1) is 5.92 Å². The molecule has 0 unspecified atom stereocenters. The summed E-state index contributed by atoms with van der Waals surface area (Å²) in [6, 6.07) is 17.1. The maximum Gasteiger partial charge on any atom is 0.255 e. The number of hydrogen-bond acceptors (Lipinski definition) is 5. The third-order valence-corrected chi connectivity index (χ3v) is 6.97. The number of nitrogens with one attached hydrogen (secondary N) is 1. The number of ether oxygens (including phenoxy) is 1. The maximum atomic E-state index is 13.0. The molecular formula is C26H29N3O4S. The number of carbonyl (C=O) groups excluding carboxylic acids is 1. The van der Waals surface area contributed by atoms with Gasteiger partial charge in [0.25, 0.3) is 5.91 Å². The number of hydrogen-bond donors (Lipinski definition) is 1. The van der Waals surface area contributed by atoms with Crippen LogP contribution in [0.3, 0.4) is 0 Å². The zero-order valence-corrected chi connectivity index (χ0v) is 20.0. The van der Waals surface area contributed by atoms with E-state index in [9.17, 15) is 13.2 Å². The summed E-state index contributed by atoms with van der Waals surface area (Å²) in [5.74, 6) is 0.521. The number of aromatic nitrogens is 1. The van der Waals surface area contributed by atoms with Gasteiger partial charge in [-0.15, -0.1) is 0 Å². The molecule has 1 aromatic heterocycles. The highest BCUT2D eigenvalue weighted by Crippen LogP contribution is 2.38. The molecule has 0 radical (unpaired) electrons. The molecule has 1 aliphatic rings. The van der Waals surface area contributed by atoms with Crippen molar-refractivity contribution in [3.8, 4) is 5.75 Å². The predicted molar refractivity (Wildman–Crippen MR) is 134 cm³/mol. The number of para-hydroxylation sites is 1. The molecule has 1 N–H and O–H groups in total. The number of benzene rings is 2. The van der Waals surface area contributed by atoms with Gasteiger partial charge in [-0.05, 0) is 61.2 Å². The Hall–Kier alpha value is -3.39. The Labute approximate surface area is 200 Å². The van der Waals surface area contributed by atoms with Crippen molar-refractivity contribution in [3.05, 3.63) is 78.6 Å². The predicted octanol–water partition coefficient (Wildman–Crippen LogP) is 5.39. The van der Waals surface area contributed by atoms with Crippen molar-refractivity contribution in [1.29, 1.82) is 0 Å². The molecule has 3 aromatic rings. The van der Waals surface area contributed by atoms with Crippen molar-refractivity contribution in [2.45, 2.75) is 32.1 Å². The SMILES string of the molecule is CS(=O)(=O)N(c1ccccc1)c1cc(C(=O)Nc2ccncc2)ccc1OCC1CCCCC1. The van der Waals surface area contributed by atoms with E-state index in [0.717, 1.165) is 19.1 Å². The number of amides is 1. The molecule has 1 aliphatic carbocycles. The highest BCUT2D eigenvalue weighted by atomic mass is 32.2. The van der Waals surface area contributed by atoms with E-state index < -0.39 is 10.0 Å². The zero-order valence-electron chi connectivity index (χ0n) is 19.2. The molecule has 1 amide bonds. The van der Waals surface area contributed by atoms with E-state index in [4.69, 9.17) is 4.74 Å². The Kier molecular flexibility index (Phi) is 7.47. The van der Waals surface area contributed by atoms with Crippen LogP contribution < -0.4 is 14.4 Å². The molecule has 1 heterocycles. The van der Waals surface area contributed by atoms with Gasteiger partial charge >= 0.3 is 0 Å². The van der Waals surface area contributed by atoms with Gasteiger partial charge in [-0.2, -0.15) is 0 Å². The van der Waals surface area contributed by atoms with Gasteiger partial charge in [0, 0.05) is 23.6 Å². The molecular weight excluding hydrogens is 450 g/mol. The molecule has 0 bridgehead atoms. The molecule has 4 rings (SSSR count). The lowest BCUT2D eigenvalue weighted by Gasteiger charge is -2.27. The van der Waals surface area contributed by atoms with Crippen LogP contribution in [0.15, 0.2) is 73.1 Å². The first-order chi connectivity index (χ1) is 16.4. The second-order valence-corrected chi connectivity index (χ2v) is 10.4. The van der Waals surface area contributed by atoms with Crippen molar-refractivity contribution in [3.63, 3.8) is 0 Å². The fourth-order valence-corrected chi connectivity index (χ4v) is 5.22. The van der Waals surface area contributed by atoms with Crippen molar-refractivity contribution >= 4 is 33.0 Å². The fraction of sp³-hybridized carbons (Fsp3) is 0.308. The van der Waals surface area contributed by atoms with Gasteiger partial charge in [-0.3, -0.25) is 9.78 Å². The molecule has 34 heavy (non-hydrogen) atoms. The average molecular weight is 480 g/mol. The lowest BCUT2D eigenvalue weighted by Crippen LogP contribution is -2.26. The average Bonchev–Trinajstić information content (AvgIpc) is 2.84. The quantitative estimate of drug-likeness (QED) is 0.468. The van der Waals surface area contributed by atoms with Crippen LogP contribution in [0.4, 0.5) is 17.1 Å². The van der Waals surface area contributed by atoms with Crippen molar-refractivity contribution in [2.24, 2.45) is 5.92 Å². The van der Waals surface area contributed by atoms with E-state index in [1.165, 1.54) is 23.6 Å². The van der Waals surface area contributed by atoms with E-state index in [-0.39, 0.29) is 5.91 Å². The summed E-state index contributed by atoms with van der Waals surface area (Å²) in [4.78, 5) is 16.9. The Bertz CT molecular complexity index is 1210. The Morgan fingerprint density at radius 1 is 1.03 bits per heavy atom. The Morgan fingerprint density at radius 3 is 2.41 bits per heavy atom. The Morgan fingerprint density at radius 2 is 1.74 bits per heavy atom. The molecule has 178 valence electrons. The molecule has 1 saturated carbocycles. The topological polar surface area (TPSA) is 88.6 Å². The molecule has 2 aromatic carbocycles. The summed E-state index contributed by atoms with van der Waals surface area (Å²) in [6.07, 6.45) is 10.2. The maximum absolute atomic E-state index is 13.0. The summed E-state index contributed by atoms with van der Waals surface area (Å²) >= 11 is 0. The summed E-state index contributed by atoms with van der Waals surface area (Å²) in [7, 11) is -3.72. The molecule has 0 spiro atoms. The third-order valence-electron chi connectivity index (χ3n) is 5.90. The summed E-state index contributed by atoms with van der Waals surface area (Å²) in [5.41, 5.74) is 1.70. The van der Waals surface area contributed by atoms with Crippen LogP contribution in [0.1, 0.15) is 42.5 Å². The van der Waals surface area contributed by atoms with Crippen molar-refractivity contribution in [2.75, 3.05) is 22.5 Å². The van der Waals surface area contributed by atoms with Crippen LogP contribution in [0.25, 0.3) is 0 Å². The van der Waals surface area contributed by atoms with Crippen LogP contribution in [0.2, 0.25) is 0 Å². The summed E-state index contributed by atoms with van der Waals surface area (Å²) < 4.78 is 33.3. The number of nitrogens with zero attached hydrogens (tertiary/aromatic N) is 2. The largest absolute Gasteiger partial charge is 0.491 e. The van der Waals surface area contributed by atoms with E-state index in [1.807, 2.05) is 6.07 Å². The minimum Gasteiger partial charge on any atom is -0.491 e. The second-order valence-electron chi connectivity index (χ2n) is 8.55. The van der Waals surface area contributed by atoms with Gasteiger partial charge in [0.1, 0.15) is 5.75 Å². The standard InChI is InChI=1S/C26H29N3O4S/c1-34(31,32)29(23-10-6-3-7-11-23)24-18-21(26(30)28-22-14-16-27-17-15-22)12-13-25(24)33-19-20-8-4-2-5-9-20/h3,6-7,10-18,20H,2,4-5,8-9,19H2,1H3,(H,27,28,30). The Balaban J connectivity index is 1.71. The number of pyridine rings is 1.